The number of carbonyl (C=O) groups is 1. The predicted molar refractivity (Wildman–Crippen MR) is 72.3 cm³/mol. The van der Waals surface area contributed by atoms with Crippen molar-refractivity contribution in [3.8, 4) is 0 Å². The van der Waals surface area contributed by atoms with Gasteiger partial charge in [-0.2, -0.15) is 0 Å². The van der Waals surface area contributed by atoms with E-state index in [1.165, 1.54) is 12.1 Å². The molecule has 104 valence electrons. The molecule has 4 nitrogen and oxygen atoms in total. The van der Waals surface area contributed by atoms with Crippen LogP contribution in [0, 0.1) is 0 Å². The first kappa shape index (κ1) is 14.1. The maximum absolute atomic E-state index is 12.6. The second kappa shape index (κ2) is 3.82. The first-order chi connectivity index (χ1) is 8.49. The van der Waals surface area contributed by atoms with Crippen molar-refractivity contribution >= 4 is 15.8 Å². The second-order valence-corrected chi connectivity index (χ2v) is 8.89. The molecular formula is C14H18O4S. The highest BCUT2D eigenvalue weighted by Gasteiger charge is 2.48. The summed E-state index contributed by atoms with van der Waals surface area (Å²) in [7, 11) is -3.51. The molecule has 1 aliphatic heterocycles. The molecule has 1 aromatic carbocycles. The molecule has 0 saturated carbocycles. The average Bonchev–Trinajstić information content (AvgIpc) is 2.25. The zero-order chi connectivity index (χ0) is 14.6. The first-order valence-electron chi connectivity index (χ1n) is 6.11. The van der Waals surface area contributed by atoms with Crippen LogP contribution >= 0.6 is 0 Å². The van der Waals surface area contributed by atoms with Crippen LogP contribution in [0.15, 0.2) is 23.1 Å². The summed E-state index contributed by atoms with van der Waals surface area (Å²) < 4.78 is 24.3. The minimum Gasteiger partial charge on any atom is -0.478 e. The van der Waals surface area contributed by atoms with Crippen LogP contribution in [0.3, 0.4) is 0 Å². The molecule has 0 aliphatic carbocycles. The highest BCUT2D eigenvalue weighted by atomic mass is 32.2. The number of sulfone groups is 1. The van der Waals surface area contributed by atoms with Crippen molar-refractivity contribution in [3.05, 3.63) is 29.3 Å². The van der Waals surface area contributed by atoms with Crippen molar-refractivity contribution < 1.29 is 18.3 Å². The van der Waals surface area contributed by atoms with E-state index in [0.29, 0.717) is 12.0 Å². The standard InChI is InChI=1S/C14H18O4S/c1-13(2)8-14(3,4)19(17,18)11-7-9(12(15)16)5-6-10(11)13/h5-7H,8H2,1-4H3,(H,15,16). The number of rotatable bonds is 1. The van der Waals surface area contributed by atoms with Crippen molar-refractivity contribution in [3.63, 3.8) is 0 Å². The quantitative estimate of drug-likeness (QED) is 0.859. The van der Waals surface area contributed by atoms with E-state index in [1.807, 2.05) is 13.8 Å². The summed E-state index contributed by atoms with van der Waals surface area (Å²) in [5.74, 6) is -1.11. The molecule has 0 bridgehead atoms. The van der Waals surface area contributed by atoms with Gasteiger partial charge < -0.3 is 5.11 Å². The monoisotopic (exact) mass is 282 g/mol. The van der Waals surface area contributed by atoms with Crippen LogP contribution in [0.1, 0.15) is 50.0 Å². The summed E-state index contributed by atoms with van der Waals surface area (Å²) in [6.45, 7) is 7.37. The summed E-state index contributed by atoms with van der Waals surface area (Å²) in [6, 6.07) is 4.39. The molecule has 1 aliphatic rings. The lowest BCUT2D eigenvalue weighted by molar-refractivity contribution is 0.0696. The summed E-state index contributed by atoms with van der Waals surface area (Å²) in [5.41, 5.74) is 0.425. The second-order valence-electron chi connectivity index (χ2n) is 6.34. The number of hydrogen-bond acceptors (Lipinski definition) is 3. The Morgan fingerprint density at radius 2 is 1.79 bits per heavy atom. The summed E-state index contributed by atoms with van der Waals surface area (Å²) in [4.78, 5) is 11.2. The van der Waals surface area contributed by atoms with Gasteiger partial charge in [0.2, 0.25) is 0 Å². The van der Waals surface area contributed by atoms with Gasteiger partial charge in [-0.15, -0.1) is 0 Å². The van der Waals surface area contributed by atoms with E-state index in [2.05, 4.69) is 0 Å². The van der Waals surface area contributed by atoms with Crippen molar-refractivity contribution in [2.24, 2.45) is 0 Å². The molecule has 0 aromatic heterocycles. The fraction of sp³-hybridized carbons (Fsp3) is 0.500. The van der Waals surface area contributed by atoms with Crippen LogP contribution in [0.2, 0.25) is 0 Å². The number of carboxylic acids is 1. The highest BCUT2D eigenvalue weighted by Crippen LogP contribution is 2.46. The predicted octanol–water partition coefficient (Wildman–Crippen LogP) is 2.62. The molecule has 5 heteroatoms. The van der Waals surface area contributed by atoms with Gasteiger partial charge in [0, 0.05) is 0 Å². The van der Waals surface area contributed by atoms with Gasteiger partial charge in [-0.3, -0.25) is 0 Å². The van der Waals surface area contributed by atoms with E-state index in [-0.39, 0.29) is 15.9 Å². The lowest BCUT2D eigenvalue weighted by atomic mass is 9.77. The third-order valence-electron chi connectivity index (χ3n) is 3.84. The molecule has 1 aromatic rings. The van der Waals surface area contributed by atoms with Gasteiger partial charge in [0.15, 0.2) is 9.84 Å². The average molecular weight is 282 g/mol. The molecule has 1 heterocycles. The molecule has 0 saturated heterocycles. The Hall–Kier alpha value is -1.36. The zero-order valence-electron chi connectivity index (χ0n) is 11.5. The minimum absolute atomic E-state index is 0.0100. The zero-order valence-corrected chi connectivity index (χ0v) is 12.3. The topological polar surface area (TPSA) is 71.4 Å². The van der Waals surface area contributed by atoms with Crippen LogP contribution in [0.4, 0.5) is 0 Å². The fourth-order valence-corrected chi connectivity index (χ4v) is 5.05. The smallest absolute Gasteiger partial charge is 0.335 e. The van der Waals surface area contributed by atoms with Crippen molar-refractivity contribution in [1.82, 2.24) is 0 Å². The summed E-state index contributed by atoms with van der Waals surface area (Å²) >= 11 is 0. The van der Waals surface area contributed by atoms with Crippen LogP contribution in [0.5, 0.6) is 0 Å². The fourth-order valence-electron chi connectivity index (χ4n) is 2.99. The molecule has 1 N–H and O–H groups in total. The Kier molecular flexibility index (Phi) is 2.83. The molecule has 0 fully saturated rings. The van der Waals surface area contributed by atoms with Gasteiger partial charge in [0.25, 0.3) is 0 Å². The van der Waals surface area contributed by atoms with Crippen molar-refractivity contribution in [1.29, 1.82) is 0 Å². The molecule has 0 unspecified atom stereocenters. The number of fused-ring (bicyclic) bond motifs is 1. The molecular weight excluding hydrogens is 264 g/mol. The van der Waals surface area contributed by atoms with Gasteiger partial charge >= 0.3 is 5.97 Å². The van der Waals surface area contributed by atoms with Gasteiger partial charge in [0.05, 0.1) is 15.2 Å². The Balaban J connectivity index is 2.82. The molecule has 19 heavy (non-hydrogen) atoms. The van der Waals surface area contributed by atoms with E-state index < -0.39 is 20.6 Å². The van der Waals surface area contributed by atoms with E-state index in [9.17, 15) is 13.2 Å². The minimum atomic E-state index is -3.51. The Morgan fingerprint density at radius 3 is 2.32 bits per heavy atom. The summed E-state index contributed by atoms with van der Waals surface area (Å²) in [5, 5.41) is 9.02. The van der Waals surface area contributed by atoms with Crippen molar-refractivity contribution in [2.45, 2.75) is 49.2 Å². The Labute approximate surface area is 113 Å². The largest absolute Gasteiger partial charge is 0.478 e. The number of benzene rings is 1. The third-order valence-corrected chi connectivity index (χ3v) is 6.36. The van der Waals surface area contributed by atoms with Gasteiger partial charge in [-0.05, 0) is 43.4 Å². The van der Waals surface area contributed by atoms with Gasteiger partial charge in [0.1, 0.15) is 0 Å². The molecule has 0 atom stereocenters. The lowest BCUT2D eigenvalue weighted by Crippen LogP contribution is -2.44. The van der Waals surface area contributed by atoms with E-state index in [1.54, 1.807) is 19.9 Å². The maximum Gasteiger partial charge on any atom is 0.335 e. The Morgan fingerprint density at radius 1 is 1.21 bits per heavy atom. The Bertz CT molecular complexity index is 654. The van der Waals surface area contributed by atoms with Gasteiger partial charge in [-0.1, -0.05) is 19.9 Å². The van der Waals surface area contributed by atoms with Crippen LogP contribution in [-0.2, 0) is 15.3 Å². The summed E-state index contributed by atoms with van der Waals surface area (Å²) in [6.07, 6.45) is 0.516. The van der Waals surface area contributed by atoms with E-state index in [4.69, 9.17) is 5.11 Å². The van der Waals surface area contributed by atoms with Crippen molar-refractivity contribution in [2.75, 3.05) is 0 Å². The third kappa shape index (κ3) is 1.96. The maximum atomic E-state index is 12.6. The molecule has 0 spiro atoms. The lowest BCUT2D eigenvalue weighted by Gasteiger charge is -2.41. The number of aromatic carboxylic acids is 1. The number of hydrogen-bond donors (Lipinski definition) is 1. The van der Waals surface area contributed by atoms with Crippen LogP contribution < -0.4 is 0 Å². The van der Waals surface area contributed by atoms with Crippen LogP contribution in [-0.4, -0.2) is 24.2 Å². The highest BCUT2D eigenvalue weighted by molar-refractivity contribution is 7.93. The van der Waals surface area contributed by atoms with Crippen LogP contribution in [0.25, 0.3) is 0 Å². The molecule has 0 amide bonds. The normalized spacial score (nSPS) is 22.5. The van der Waals surface area contributed by atoms with Gasteiger partial charge in [-0.25, -0.2) is 13.2 Å². The number of carboxylic acid groups (broad SMARTS) is 1. The molecule has 2 rings (SSSR count). The van der Waals surface area contributed by atoms with E-state index in [0.717, 1.165) is 0 Å². The SMILES string of the molecule is CC1(C)CC(C)(C)S(=O)(=O)c2cc(C(=O)O)ccc21. The molecule has 0 radical (unpaired) electrons. The van der Waals surface area contributed by atoms with E-state index >= 15 is 0 Å². The first-order valence-corrected chi connectivity index (χ1v) is 7.60.